The molecular formula is C14H19N3S. The van der Waals surface area contributed by atoms with Gasteiger partial charge < -0.3 is 4.90 Å². The van der Waals surface area contributed by atoms with E-state index in [1.54, 1.807) is 0 Å². The van der Waals surface area contributed by atoms with E-state index in [1.165, 1.54) is 28.5 Å². The topological polar surface area (TPSA) is 18.8 Å². The van der Waals surface area contributed by atoms with Crippen molar-refractivity contribution in [3.05, 3.63) is 29.8 Å². The summed E-state index contributed by atoms with van der Waals surface area (Å²) in [6, 6.07) is 8.62. The summed E-state index contributed by atoms with van der Waals surface area (Å²) in [5.74, 6) is 0. The molecule has 2 aliphatic heterocycles. The van der Waals surface area contributed by atoms with Crippen LogP contribution in [-0.4, -0.2) is 42.2 Å². The molecule has 0 bridgehead atoms. The van der Waals surface area contributed by atoms with Gasteiger partial charge in [0.15, 0.2) is 5.17 Å². The van der Waals surface area contributed by atoms with Crippen molar-refractivity contribution in [3.63, 3.8) is 0 Å². The Morgan fingerprint density at radius 2 is 1.94 bits per heavy atom. The first-order valence-electron chi connectivity index (χ1n) is 6.51. The van der Waals surface area contributed by atoms with Gasteiger partial charge in [0.25, 0.3) is 0 Å². The average Bonchev–Trinajstić information content (AvgIpc) is 2.91. The largest absolute Gasteiger partial charge is 0.351 e. The van der Waals surface area contributed by atoms with E-state index in [0.717, 1.165) is 13.1 Å². The Labute approximate surface area is 113 Å². The van der Waals surface area contributed by atoms with Crippen LogP contribution >= 0.6 is 11.8 Å². The van der Waals surface area contributed by atoms with Crippen LogP contribution < -0.4 is 0 Å². The Bertz CT molecular complexity index is 464. The monoisotopic (exact) mass is 261 g/mol. The fourth-order valence-electron chi connectivity index (χ4n) is 2.53. The Kier molecular flexibility index (Phi) is 3.31. The second kappa shape index (κ2) is 4.94. The van der Waals surface area contributed by atoms with Crippen LogP contribution in [0, 0.1) is 0 Å². The maximum absolute atomic E-state index is 4.94. The van der Waals surface area contributed by atoms with Gasteiger partial charge in [-0.3, -0.25) is 4.90 Å². The van der Waals surface area contributed by atoms with Gasteiger partial charge in [0.1, 0.15) is 6.17 Å². The van der Waals surface area contributed by atoms with Crippen LogP contribution in [0.1, 0.15) is 24.6 Å². The summed E-state index contributed by atoms with van der Waals surface area (Å²) in [5.41, 5.74) is 1.33. The van der Waals surface area contributed by atoms with Crippen molar-refractivity contribution >= 4 is 16.9 Å². The SMILES string of the molecule is CN(C)C1N=C(N2CCCC2)Sc2ccccc21. The summed E-state index contributed by atoms with van der Waals surface area (Å²) in [6.07, 6.45) is 2.76. The van der Waals surface area contributed by atoms with E-state index in [2.05, 4.69) is 48.2 Å². The number of benzene rings is 1. The lowest BCUT2D eigenvalue weighted by Crippen LogP contribution is -2.30. The zero-order valence-corrected chi connectivity index (χ0v) is 11.8. The standard InChI is InChI=1S/C14H19N3S/c1-16(2)13-11-7-3-4-8-12(11)18-14(15-13)17-9-5-6-10-17/h3-4,7-8,13H,5-6,9-10H2,1-2H3. The maximum atomic E-state index is 4.94. The first-order valence-corrected chi connectivity index (χ1v) is 7.33. The van der Waals surface area contributed by atoms with Gasteiger partial charge in [-0.25, -0.2) is 4.99 Å². The molecule has 1 saturated heterocycles. The highest BCUT2D eigenvalue weighted by Gasteiger charge is 2.27. The second-order valence-corrected chi connectivity index (χ2v) is 6.09. The molecular weight excluding hydrogens is 242 g/mol. The number of fused-ring (bicyclic) bond motifs is 1. The van der Waals surface area contributed by atoms with Crippen molar-refractivity contribution in [2.45, 2.75) is 23.9 Å². The Balaban J connectivity index is 1.95. The first kappa shape index (κ1) is 12.1. The van der Waals surface area contributed by atoms with E-state index in [1.807, 2.05) is 11.8 Å². The molecule has 0 spiro atoms. The molecule has 0 aromatic heterocycles. The van der Waals surface area contributed by atoms with Crippen LogP contribution in [-0.2, 0) is 0 Å². The van der Waals surface area contributed by atoms with Crippen molar-refractivity contribution in [3.8, 4) is 0 Å². The highest BCUT2D eigenvalue weighted by Crippen LogP contribution is 2.38. The number of aliphatic imine (C=N–C) groups is 1. The van der Waals surface area contributed by atoms with Crippen LogP contribution in [0.25, 0.3) is 0 Å². The molecule has 3 nitrogen and oxygen atoms in total. The van der Waals surface area contributed by atoms with Crippen molar-refractivity contribution in [2.75, 3.05) is 27.2 Å². The van der Waals surface area contributed by atoms with Crippen molar-refractivity contribution in [2.24, 2.45) is 4.99 Å². The van der Waals surface area contributed by atoms with Gasteiger partial charge in [0, 0.05) is 23.5 Å². The quantitative estimate of drug-likeness (QED) is 0.774. The third kappa shape index (κ3) is 2.15. The van der Waals surface area contributed by atoms with Crippen LogP contribution in [0.15, 0.2) is 34.2 Å². The molecule has 2 heterocycles. The molecule has 1 aromatic rings. The molecule has 18 heavy (non-hydrogen) atoms. The van der Waals surface area contributed by atoms with Crippen LogP contribution in [0.5, 0.6) is 0 Å². The first-order chi connectivity index (χ1) is 8.75. The maximum Gasteiger partial charge on any atom is 0.166 e. The predicted octanol–water partition coefficient (Wildman–Crippen LogP) is 2.80. The zero-order valence-electron chi connectivity index (χ0n) is 11.0. The van der Waals surface area contributed by atoms with Gasteiger partial charge >= 0.3 is 0 Å². The normalized spacial score (nSPS) is 23.2. The molecule has 1 fully saturated rings. The lowest BCUT2D eigenvalue weighted by Gasteiger charge is -2.31. The Morgan fingerprint density at radius 1 is 1.22 bits per heavy atom. The number of rotatable bonds is 1. The Morgan fingerprint density at radius 3 is 2.67 bits per heavy atom. The highest BCUT2D eigenvalue weighted by molar-refractivity contribution is 8.13. The molecule has 3 rings (SSSR count). The highest BCUT2D eigenvalue weighted by atomic mass is 32.2. The van der Waals surface area contributed by atoms with Gasteiger partial charge in [0.05, 0.1) is 0 Å². The van der Waals surface area contributed by atoms with E-state index in [-0.39, 0.29) is 6.17 Å². The van der Waals surface area contributed by atoms with Gasteiger partial charge in [-0.2, -0.15) is 0 Å². The number of likely N-dealkylation sites (tertiary alicyclic amines) is 1. The van der Waals surface area contributed by atoms with Crippen molar-refractivity contribution < 1.29 is 0 Å². The molecule has 0 aliphatic carbocycles. The number of nitrogens with zero attached hydrogens (tertiary/aromatic N) is 3. The lowest BCUT2D eigenvalue weighted by molar-refractivity contribution is 0.302. The lowest BCUT2D eigenvalue weighted by atomic mass is 10.1. The van der Waals surface area contributed by atoms with Gasteiger partial charge in [-0.15, -0.1) is 0 Å². The van der Waals surface area contributed by atoms with Gasteiger partial charge in [-0.05, 0) is 33.0 Å². The summed E-state index contributed by atoms with van der Waals surface area (Å²) in [7, 11) is 4.20. The molecule has 0 N–H and O–H groups in total. The molecule has 0 amide bonds. The zero-order chi connectivity index (χ0) is 12.5. The van der Waals surface area contributed by atoms with Crippen LogP contribution in [0.2, 0.25) is 0 Å². The minimum Gasteiger partial charge on any atom is -0.351 e. The van der Waals surface area contributed by atoms with E-state index < -0.39 is 0 Å². The summed E-state index contributed by atoms with van der Waals surface area (Å²) < 4.78 is 0. The van der Waals surface area contributed by atoms with Crippen molar-refractivity contribution in [1.82, 2.24) is 9.80 Å². The summed E-state index contributed by atoms with van der Waals surface area (Å²) >= 11 is 1.82. The second-order valence-electron chi connectivity index (χ2n) is 5.08. The Hall–Kier alpha value is -1.00. The molecule has 2 aliphatic rings. The minimum atomic E-state index is 0.165. The molecule has 0 saturated carbocycles. The van der Waals surface area contributed by atoms with E-state index in [4.69, 9.17) is 4.99 Å². The fraction of sp³-hybridized carbons (Fsp3) is 0.500. The summed E-state index contributed by atoms with van der Waals surface area (Å²) in [5, 5.41) is 1.20. The summed E-state index contributed by atoms with van der Waals surface area (Å²) in [4.78, 5) is 10.9. The smallest absolute Gasteiger partial charge is 0.166 e. The molecule has 0 radical (unpaired) electrons. The average molecular weight is 261 g/mol. The van der Waals surface area contributed by atoms with E-state index in [9.17, 15) is 0 Å². The third-order valence-corrected chi connectivity index (χ3v) is 4.63. The number of amidine groups is 1. The summed E-state index contributed by atoms with van der Waals surface area (Å²) in [6.45, 7) is 2.32. The number of hydrogen-bond donors (Lipinski definition) is 0. The van der Waals surface area contributed by atoms with Crippen molar-refractivity contribution in [1.29, 1.82) is 0 Å². The minimum absolute atomic E-state index is 0.165. The van der Waals surface area contributed by atoms with E-state index >= 15 is 0 Å². The third-order valence-electron chi connectivity index (χ3n) is 3.50. The van der Waals surface area contributed by atoms with E-state index in [0.29, 0.717) is 0 Å². The van der Waals surface area contributed by atoms with Gasteiger partial charge in [0.2, 0.25) is 0 Å². The van der Waals surface area contributed by atoms with Gasteiger partial charge in [-0.1, -0.05) is 30.0 Å². The van der Waals surface area contributed by atoms with Crippen LogP contribution in [0.4, 0.5) is 0 Å². The molecule has 4 heteroatoms. The fourth-order valence-corrected chi connectivity index (χ4v) is 3.63. The van der Waals surface area contributed by atoms with Crippen LogP contribution in [0.3, 0.4) is 0 Å². The number of thioether (sulfide) groups is 1. The molecule has 1 unspecified atom stereocenters. The molecule has 1 aromatic carbocycles. The molecule has 1 atom stereocenters. The predicted molar refractivity (Wildman–Crippen MR) is 77.0 cm³/mol. The molecule has 96 valence electrons. The number of hydrogen-bond acceptors (Lipinski definition) is 4.